The normalized spacial score (nSPS) is 13.1. The highest BCUT2D eigenvalue weighted by Gasteiger charge is 2.44. The first-order valence-electron chi connectivity index (χ1n) is 17.2. The fourth-order valence-corrected chi connectivity index (χ4v) is 7.27. The third kappa shape index (κ3) is 6.00. The summed E-state index contributed by atoms with van der Waals surface area (Å²) in [6.07, 6.45) is 9.62. The van der Waals surface area contributed by atoms with Gasteiger partial charge in [0.1, 0.15) is 11.5 Å². The van der Waals surface area contributed by atoms with Crippen LogP contribution < -0.4 is 9.47 Å². The highest BCUT2D eigenvalue weighted by atomic mass is 16.5. The lowest BCUT2D eigenvalue weighted by Crippen LogP contribution is -2.34. The molecule has 0 fully saturated rings. The molecule has 0 bridgehead atoms. The highest BCUT2D eigenvalue weighted by molar-refractivity contribution is 6.06. The smallest absolute Gasteiger partial charge is 0.119 e. The van der Waals surface area contributed by atoms with E-state index in [0.29, 0.717) is 0 Å². The molecule has 0 aliphatic heterocycles. The summed E-state index contributed by atoms with van der Waals surface area (Å²) >= 11 is 0. The summed E-state index contributed by atoms with van der Waals surface area (Å²) in [5.74, 6) is 1.87. The molecule has 45 heavy (non-hydrogen) atoms. The van der Waals surface area contributed by atoms with Gasteiger partial charge >= 0.3 is 0 Å². The molecule has 5 aromatic carbocycles. The molecule has 1 aliphatic rings. The van der Waals surface area contributed by atoms with E-state index in [2.05, 4.69) is 125 Å². The van der Waals surface area contributed by atoms with Crippen LogP contribution >= 0.6 is 0 Å². The predicted molar refractivity (Wildman–Crippen MR) is 190 cm³/mol. The highest BCUT2D eigenvalue weighted by Crippen LogP contribution is 2.56. The number of fused-ring (bicyclic) bond motifs is 2. The molecule has 0 saturated carbocycles. The number of unbranched alkanes of at least 4 members (excludes halogenated alkanes) is 6. The molecule has 2 heteroatoms. The van der Waals surface area contributed by atoms with Crippen molar-refractivity contribution in [2.45, 2.75) is 84.5 Å². The summed E-state index contributed by atoms with van der Waals surface area (Å²) < 4.78 is 12.4. The Bertz CT molecular complexity index is 1670. The molecule has 0 radical (unpaired) electrons. The van der Waals surface area contributed by atoms with Gasteiger partial charge in [-0.3, -0.25) is 0 Å². The van der Waals surface area contributed by atoms with E-state index in [0.717, 1.165) is 37.6 Å². The van der Waals surface area contributed by atoms with Gasteiger partial charge in [-0.2, -0.15) is 0 Å². The van der Waals surface area contributed by atoms with Gasteiger partial charge in [-0.15, -0.1) is 0 Å². The molecule has 0 saturated heterocycles. The van der Waals surface area contributed by atoms with Crippen molar-refractivity contribution >= 4 is 10.8 Å². The molecule has 0 amide bonds. The van der Waals surface area contributed by atoms with Gasteiger partial charge in [0, 0.05) is 0 Å². The van der Waals surface area contributed by atoms with Crippen LogP contribution in [0.25, 0.3) is 21.9 Å². The Morgan fingerprint density at radius 3 is 1.69 bits per heavy atom. The number of hydrogen-bond donors (Lipinski definition) is 0. The van der Waals surface area contributed by atoms with E-state index in [1.165, 1.54) is 93.8 Å². The number of benzene rings is 5. The second-order valence-electron chi connectivity index (χ2n) is 12.8. The maximum Gasteiger partial charge on any atom is 0.119 e. The number of rotatable bonds is 14. The van der Waals surface area contributed by atoms with E-state index in [-0.39, 0.29) is 0 Å². The lowest BCUT2D eigenvalue weighted by atomic mass is 9.59. The first-order chi connectivity index (χ1) is 22.1. The molecular formula is C43H48O2. The predicted octanol–water partition coefficient (Wildman–Crippen LogP) is 11.7. The summed E-state index contributed by atoms with van der Waals surface area (Å²) in [5, 5.41) is 2.67. The summed E-state index contributed by atoms with van der Waals surface area (Å²) in [4.78, 5) is 0. The van der Waals surface area contributed by atoms with Crippen LogP contribution in [0, 0.1) is 13.8 Å². The summed E-state index contributed by atoms with van der Waals surface area (Å²) in [6.45, 7) is 10.5. The Labute approximate surface area is 270 Å². The Morgan fingerprint density at radius 2 is 1.11 bits per heavy atom. The summed E-state index contributed by atoms with van der Waals surface area (Å²) in [7, 11) is 0. The third-order valence-electron chi connectivity index (χ3n) is 9.64. The molecular weight excluding hydrogens is 548 g/mol. The molecule has 0 spiro atoms. The monoisotopic (exact) mass is 596 g/mol. The number of hydrogen-bond acceptors (Lipinski definition) is 2. The Hall–Kier alpha value is -4.04. The van der Waals surface area contributed by atoms with Gasteiger partial charge in [0.25, 0.3) is 0 Å². The third-order valence-corrected chi connectivity index (χ3v) is 9.64. The Balaban J connectivity index is 1.50. The molecule has 0 aromatic heterocycles. The minimum Gasteiger partial charge on any atom is -0.494 e. The average molecular weight is 597 g/mol. The van der Waals surface area contributed by atoms with E-state index in [1.807, 2.05) is 0 Å². The molecule has 6 rings (SSSR count). The van der Waals surface area contributed by atoms with Gasteiger partial charge in [0.2, 0.25) is 0 Å². The van der Waals surface area contributed by atoms with E-state index in [9.17, 15) is 0 Å². The summed E-state index contributed by atoms with van der Waals surface area (Å²) in [5.41, 5.74) is 9.85. The first kappa shape index (κ1) is 31.0. The fourth-order valence-electron chi connectivity index (χ4n) is 7.27. The van der Waals surface area contributed by atoms with Crippen LogP contribution in [0.3, 0.4) is 0 Å². The zero-order chi connectivity index (χ0) is 31.2. The molecule has 0 N–H and O–H groups in total. The molecule has 2 nitrogen and oxygen atoms in total. The maximum atomic E-state index is 6.21. The SMILES string of the molecule is CCCCCCOc1ccc(C2(c3ccc(OCCCCCC)cc3)c3cc(C)ccc3-c3ccc(C)c4cccc2c34)cc1. The lowest BCUT2D eigenvalue weighted by Gasteiger charge is -2.42. The first-order valence-corrected chi connectivity index (χ1v) is 17.2. The largest absolute Gasteiger partial charge is 0.494 e. The van der Waals surface area contributed by atoms with Crippen LogP contribution in [0.2, 0.25) is 0 Å². The van der Waals surface area contributed by atoms with E-state index >= 15 is 0 Å². The summed E-state index contributed by atoms with van der Waals surface area (Å²) in [6, 6.07) is 36.4. The topological polar surface area (TPSA) is 18.5 Å². The van der Waals surface area contributed by atoms with Gasteiger partial charge < -0.3 is 9.47 Å². The van der Waals surface area contributed by atoms with Crippen molar-refractivity contribution in [2.75, 3.05) is 13.2 Å². The molecule has 0 heterocycles. The van der Waals surface area contributed by atoms with Crippen LogP contribution in [0.15, 0.2) is 97.1 Å². The number of ether oxygens (including phenoxy) is 2. The van der Waals surface area contributed by atoms with Gasteiger partial charge in [0.05, 0.1) is 18.6 Å². The van der Waals surface area contributed by atoms with Crippen LogP contribution in [-0.2, 0) is 5.41 Å². The number of aryl methyl sites for hydroxylation is 2. The van der Waals surface area contributed by atoms with Gasteiger partial charge in [-0.25, -0.2) is 0 Å². The zero-order valence-corrected chi connectivity index (χ0v) is 27.6. The Morgan fingerprint density at radius 1 is 0.533 bits per heavy atom. The average Bonchev–Trinajstić information content (AvgIpc) is 3.07. The molecule has 5 aromatic rings. The van der Waals surface area contributed by atoms with Crippen LogP contribution in [0.5, 0.6) is 11.5 Å². The fraction of sp³-hybridized carbons (Fsp3) is 0.349. The van der Waals surface area contributed by atoms with Gasteiger partial charge in [-0.05, 0) is 101 Å². The van der Waals surface area contributed by atoms with E-state index < -0.39 is 5.41 Å². The van der Waals surface area contributed by atoms with Gasteiger partial charge in [-0.1, -0.05) is 131 Å². The second kappa shape index (κ2) is 13.9. The Kier molecular flexibility index (Phi) is 9.59. The second-order valence-corrected chi connectivity index (χ2v) is 12.8. The van der Waals surface area contributed by atoms with Crippen molar-refractivity contribution in [1.82, 2.24) is 0 Å². The van der Waals surface area contributed by atoms with Crippen molar-refractivity contribution in [3.8, 4) is 22.6 Å². The van der Waals surface area contributed by atoms with Crippen LogP contribution in [-0.4, -0.2) is 13.2 Å². The van der Waals surface area contributed by atoms with Crippen molar-refractivity contribution in [3.63, 3.8) is 0 Å². The van der Waals surface area contributed by atoms with Crippen LogP contribution in [0.1, 0.15) is 98.6 Å². The molecule has 232 valence electrons. The lowest BCUT2D eigenvalue weighted by molar-refractivity contribution is 0.305. The minimum atomic E-state index is -0.499. The standard InChI is InChI=1S/C43H48O2/c1-5-7-9-11-28-44-35-22-18-33(19-23-35)43(34-20-24-36(25-21-34)45-29-12-10-8-6-2)40-15-13-14-37-32(4)17-27-39(42(37)40)38-26-16-31(3)30-41(38)43/h13-27,30H,5-12,28-29H2,1-4H3. The van der Waals surface area contributed by atoms with Gasteiger partial charge in [0.15, 0.2) is 0 Å². The quantitative estimate of drug-likeness (QED) is 0.116. The minimum absolute atomic E-state index is 0.499. The maximum absolute atomic E-state index is 6.21. The van der Waals surface area contributed by atoms with Crippen molar-refractivity contribution < 1.29 is 9.47 Å². The van der Waals surface area contributed by atoms with Crippen molar-refractivity contribution in [1.29, 1.82) is 0 Å². The van der Waals surface area contributed by atoms with Crippen LogP contribution in [0.4, 0.5) is 0 Å². The van der Waals surface area contributed by atoms with E-state index in [4.69, 9.17) is 9.47 Å². The molecule has 0 atom stereocenters. The molecule has 1 aliphatic carbocycles. The van der Waals surface area contributed by atoms with E-state index in [1.54, 1.807) is 0 Å². The van der Waals surface area contributed by atoms with Crippen molar-refractivity contribution in [3.05, 3.63) is 130 Å². The van der Waals surface area contributed by atoms with Crippen molar-refractivity contribution in [2.24, 2.45) is 0 Å². The zero-order valence-electron chi connectivity index (χ0n) is 27.6. The molecule has 0 unspecified atom stereocenters.